The minimum absolute atomic E-state index is 0.0585. The zero-order valence-electron chi connectivity index (χ0n) is 12.1. The van der Waals surface area contributed by atoms with Gasteiger partial charge in [-0.1, -0.05) is 24.3 Å². The Kier molecular flexibility index (Phi) is 4.03. The predicted octanol–water partition coefficient (Wildman–Crippen LogP) is 1.08. The zero-order chi connectivity index (χ0) is 13.9. The van der Waals surface area contributed by atoms with Gasteiger partial charge in [0, 0.05) is 33.2 Å². The number of nitrogens with zero attached hydrogens (tertiary/aromatic N) is 1. The van der Waals surface area contributed by atoms with Crippen LogP contribution >= 0.6 is 0 Å². The van der Waals surface area contributed by atoms with E-state index in [0.717, 1.165) is 32.1 Å². The molecule has 1 heterocycles. The number of carbonyl (C=O) groups excluding carboxylic acids is 1. The van der Waals surface area contributed by atoms with Gasteiger partial charge in [-0.2, -0.15) is 0 Å². The Balaban J connectivity index is 1.66. The molecule has 3 rings (SSSR count). The maximum absolute atomic E-state index is 11.9. The predicted molar refractivity (Wildman–Crippen MR) is 79.6 cm³/mol. The molecule has 2 aliphatic rings. The van der Waals surface area contributed by atoms with E-state index in [-0.39, 0.29) is 11.9 Å². The Bertz CT molecular complexity index is 467. The fraction of sp³-hybridized carbons (Fsp3) is 0.562. The van der Waals surface area contributed by atoms with Gasteiger partial charge in [0.05, 0.1) is 0 Å². The third-order valence-corrected chi connectivity index (χ3v) is 4.32. The molecule has 4 nitrogen and oxygen atoms in total. The maximum atomic E-state index is 11.9. The van der Waals surface area contributed by atoms with E-state index in [2.05, 4.69) is 39.8 Å². The number of nitrogens with one attached hydrogen (secondary N) is 2. The van der Waals surface area contributed by atoms with E-state index in [1.807, 2.05) is 0 Å². The Hall–Kier alpha value is -1.39. The Morgan fingerprint density at radius 1 is 1.35 bits per heavy atom. The van der Waals surface area contributed by atoms with E-state index in [1.165, 1.54) is 24.0 Å². The summed E-state index contributed by atoms with van der Waals surface area (Å²) >= 11 is 0. The van der Waals surface area contributed by atoms with Crippen LogP contribution < -0.4 is 10.6 Å². The van der Waals surface area contributed by atoms with Crippen LogP contribution in [0.3, 0.4) is 0 Å². The molecule has 108 valence electrons. The molecule has 1 aliphatic heterocycles. The second-order valence-electron chi connectivity index (χ2n) is 5.82. The molecule has 1 aliphatic carbocycles. The van der Waals surface area contributed by atoms with E-state index in [0.29, 0.717) is 0 Å². The van der Waals surface area contributed by atoms with Gasteiger partial charge in [-0.3, -0.25) is 9.69 Å². The number of likely N-dealkylation sites (N-methyl/N-ethyl adjacent to an activating group) is 1. The van der Waals surface area contributed by atoms with Crippen LogP contribution in [0.2, 0.25) is 0 Å². The summed E-state index contributed by atoms with van der Waals surface area (Å²) in [5, 5.41) is 6.06. The van der Waals surface area contributed by atoms with Crippen LogP contribution in [-0.2, 0) is 11.3 Å². The third-order valence-electron chi connectivity index (χ3n) is 4.32. The second-order valence-corrected chi connectivity index (χ2v) is 5.82. The van der Waals surface area contributed by atoms with Crippen molar-refractivity contribution in [3.8, 4) is 0 Å². The number of amides is 1. The summed E-state index contributed by atoms with van der Waals surface area (Å²) in [6, 6.07) is 8.89. The van der Waals surface area contributed by atoms with Crippen molar-refractivity contribution in [3.05, 3.63) is 35.4 Å². The normalized spacial score (nSPS) is 23.6. The molecule has 1 aromatic rings. The third kappa shape index (κ3) is 3.02. The van der Waals surface area contributed by atoms with Crippen LogP contribution in [0.15, 0.2) is 24.3 Å². The van der Waals surface area contributed by atoms with Crippen LogP contribution in [0.4, 0.5) is 0 Å². The highest BCUT2D eigenvalue weighted by Crippen LogP contribution is 2.39. The average molecular weight is 273 g/mol. The van der Waals surface area contributed by atoms with E-state index >= 15 is 0 Å². The molecule has 0 bridgehead atoms. The summed E-state index contributed by atoms with van der Waals surface area (Å²) in [6.45, 7) is 3.46. The van der Waals surface area contributed by atoms with Gasteiger partial charge in [-0.25, -0.2) is 0 Å². The molecule has 1 saturated heterocycles. The van der Waals surface area contributed by atoms with E-state index in [1.54, 1.807) is 7.05 Å². The first-order chi connectivity index (χ1) is 9.78. The van der Waals surface area contributed by atoms with Gasteiger partial charge in [0.25, 0.3) is 0 Å². The highest BCUT2D eigenvalue weighted by Gasteiger charge is 2.28. The lowest BCUT2D eigenvalue weighted by atomic mass is 10.1. The highest BCUT2D eigenvalue weighted by molar-refractivity contribution is 5.81. The molecule has 0 radical (unpaired) electrons. The van der Waals surface area contributed by atoms with Crippen LogP contribution in [0, 0.1) is 0 Å². The molecular weight excluding hydrogens is 250 g/mol. The van der Waals surface area contributed by atoms with E-state index in [4.69, 9.17) is 0 Å². The molecule has 4 heteroatoms. The molecule has 1 saturated carbocycles. The molecule has 0 aromatic heterocycles. The summed E-state index contributed by atoms with van der Waals surface area (Å²) in [6.07, 6.45) is 2.69. The largest absolute Gasteiger partial charge is 0.358 e. The molecule has 0 spiro atoms. The van der Waals surface area contributed by atoms with Crippen molar-refractivity contribution in [2.75, 3.05) is 26.7 Å². The van der Waals surface area contributed by atoms with E-state index in [9.17, 15) is 4.79 Å². The van der Waals surface area contributed by atoms with Gasteiger partial charge < -0.3 is 10.6 Å². The first-order valence-corrected chi connectivity index (χ1v) is 7.53. The number of carbonyl (C=O) groups is 1. The SMILES string of the molecule is CNC(=O)C1CNCCN1Cc1ccc(C2CC2)cc1. The van der Waals surface area contributed by atoms with Gasteiger partial charge in [-0.05, 0) is 29.9 Å². The summed E-state index contributed by atoms with van der Waals surface area (Å²) < 4.78 is 0. The maximum Gasteiger partial charge on any atom is 0.238 e. The van der Waals surface area contributed by atoms with Crippen molar-refractivity contribution in [2.24, 2.45) is 0 Å². The number of rotatable bonds is 4. The molecule has 2 fully saturated rings. The second kappa shape index (κ2) is 5.94. The summed E-state index contributed by atoms with van der Waals surface area (Å²) in [5.41, 5.74) is 2.77. The molecule has 20 heavy (non-hydrogen) atoms. The highest BCUT2D eigenvalue weighted by atomic mass is 16.2. The van der Waals surface area contributed by atoms with Crippen molar-refractivity contribution in [2.45, 2.75) is 31.3 Å². The van der Waals surface area contributed by atoms with E-state index < -0.39 is 0 Å². The molecule has 2 N–H and O–H groups in total. The molecule has 1 atom stereocenters. The van der Waals surface area contributed by atoms with Crippen molar-refractivity contribution in [3.63, 3.8) is 0 Å². The first-order valence-electron chi connectivity index (χ1n) is 7.53. The fourth-order valence-electron chi connectivity index (χ4n) is 2.91. The molecule has 1 aromatic carbocycles. The van der Waals surface area contributed by atoms with Gasteiger partial charge in [0.2, 0.25) is 5.91 Å². The minimum Gasteiger partial charge on any atom is -0.358 e. The Labute approximate surface area is 120 Å². The quantitative estimate of drug-likeness (QED) is 0.863. The monoisotopic (exact) mass is 273 g/mol. The lowest BCUT2D eigenvalue weighted by Gasteiger charge is -2.34. The van der Waals surface area contributed by atoms with Gasteiger partial charge in [0.15, 0.2) is 0 Å². The average Bonchev–Trinajstić information content (AvgIpc) is 3.32. The Morgan fingerprint density at radius 3 is 2.75 bits per heavy atom. The van der Waals surface area contributed by atoms with Crippen molar-refractivity contribution < 1.29 is 4.79 Å². The summed E-state index contributed by atoms with van der Waals surface area (Å²) in [4.78, 5) is 14.2. The smallest absolute Gasteiger partial charge is 0.238 e. The van der Waals surface area contributed by atoms with Crippen molar-refractivity contribution in [1.29, 1.82) is 0 Å². The van der Waals surface area contributed by atoms with Crippen LogP contribution in [0.25, 0.3) is 0 Å². The summed E-state index contributed by atoms with van der Waals surface area (Å²) in [7, 11) is 1.71. The summed E-state index contributed by atoms with van der Waals surface area (Å²) in [5.74, 6) is 0.911. The number of hydrogen-bond donors (Lipinski definition) is 2. The molecular formula is C16H23N3O. The van der Waals surface area contributed by atoms with Gasteiger partial charge >= 0.3 is 0 Å². The number of benzene rings is 1. The number of piperazine rings is 1. The zero-order valence-corrected chi connectivity index (χ0v) is 12.1. The van der Waals surface area contributed by atoms with Crippen molar-refractivity contribution >= 4 is 5.91 Å². The molecule has 1 amide bonds. The number of hydrogen-bond acceptors (Lipinski definition) is 3. The van der Waals surface area contributed by atoms with Gasteiger partial charge in [-0.15, -0.1) is 0 Å². The topological polar surface area (TPSA) is 44.4 Å². The van der Waals surface area contributed by atoms with Crippen LogP contribution in [0.5, 0.6) is 0 Å². The lowest BCUT2D eigenvalue weighted by molar-refractivity contribution is -0.126. The standard InChI is InChI=1S/C16H23N3O/c1-17-16(20)15-10-18-8-9-19(15)11-12-2-4-13(5-3-12)14-6-7-14/h2-5,14-15,18H,6-11H2,1H3,(H,17,20). The Morgan fingerprint density at radius 2 is 2.10 bits per heavy atom. The van der Waals surface area contributed by atoms with Crippen LogP contribution in [-0.4, -0.2) is 43.5 Å². The molecule has 1 unspecified atom stereocenters. The minimum atomic E-state index is -0.0585. The van der Waals surface area contributed by atoms with Gasteiger partial charge in [0.1, 0.15) is 6.04 Å². The lowest BCUT2D eigenvalue weighted by Crippen LogP contribution is -2.56. The fourth-order valence-corrected chi connectivity index (χ4v) is 2.91. The van der Waals surface area contributed by atoms with Crippen molar-refractivity contribution in [1.82, 2.24) is 15.5 Å². The first kappa shape index (κ1) is 13.6. The van der Waals surface area contributed by atoms with Crippen LogP contribution in [0.1, 0.15) is 29.9 Å².